The van der Waals surface area contributed by atoms with Crippen LogP contribution in [-0.4, -0.2) is 10.1 Å². The zero-order valence-corrected chi connectivity index (χ0v) is 11.7. The molecule has 18 heavy (non-hydrogen) atoms. The Kier molecular flexibility index (Phi) is 4.08. The Labute approximate surface area is 113 Å². The molecule has 2 rings (SSSR count). The Morgan fingerprint density at radius 3 is 2.89 bits per heavy atom. The molecule has 1 unspecified atom stereocenters. The van der Waals surface area contributed by atoms with Gasteiger partial charge in [-0.2, -0.15) is 4.98 Å². The zero-order valence-electron chi connectivity index (χ0n) is 10.1. The lowest BCUT2D eigenvalue weighted by Gasteiger charge is -2.13. The summed E-state index contributed by atoms with van der Waals surface area (Å²) in [6, 6.07) is 4.89. The maximum atomic E-state index is 13.7. The highest BCUT2D eigenvalue weighted by Crippen LogP contribution is 2.21. The van der Waals surface area contributed by atoms with Gasteiger partial charge in [-0.3, -0.25) is 0 Å². The minimum absolute atomic E-state index is 0.128. The molecule has 0 spiro atoms. The van der Waals surface area contributed by atoms with Gasteiger partial charge < -0.3 is 9.84 Å². The number of aromatic nitrogens is 2. The predicted octanol–water partition coefficient (Wildman–Crippen LogP) is 3.13. The van der Waals surface area contributed by atoms with E-state index in [1.807, 2.05) is 13.0 Å². The molecule has 0 aliphatic heterocycles. The first-order chi connectivity index (χ1) is 8.56. The second-order valence-electron chi connectivity index (χ2n) is 4.00. The van der Waals surface area contributed by atoms with Crippen molar-refractivity contribution in [3.8, 4) is 0 Å². The highest BCUT2D eigenvalue weighted by molar-refractivity contribution is 9.10. The van der Waals surface area contributed by atoms with Gasteiger partial charge >= 0.3 is 0 Å². The second kappa shape index (κ2) is 5.58. The Morgan fingerprint density at radius 2 is 2.28 bits per heavy atom. The molecule has 0 saturated carbocycles. The van der Waals surface area contributed by atoms with Crippen LogP contribution in [0.5, 0.6) is 0 Å². The average Bonchev–Trinajstić information content (AvgIpc) is 2.72. The molecular formula is C12H13BrFN3O. The van der Waals surface area contributed by atoms with Crippen molar-refractivity contribution in [2.75, 3.05) is 0 Å². The lowest BCUT2D eigenvalue weighted by molar-refractivity contribution is 0.383. The van der Waals surface area contributed by atoms with Crippen LogP contribution in [0.4, 0.5) is 4.39 Å². The number of rotatable bonds is 4. The zero-order chi connectivity index (χ0) is 13.1. The summed E-state index contributed by atoms with van der Waals surface area (Å²) >= 11 is 3.23. The van der Waals surface area contributed by atoms with Crippen molar-refractivity contribution in [3.63, 3.8) is 0 Å². The summed E-state index contributed by atoms with van der Waals surface area (Å²) in [6.07, 6.45) is 0. The molecule has 0 bridgehead atoms. The van der Waals surface area contributed by atoms with Crippen molar-refractivity contribution in [1.29, 1.82) is 0 Å². The second-order valence-corrected chi connectivity index (χ2v) is 4.91. The van der Waals surface area contributed by atoms with Gasteiger partial charge in [0.1, 0.15) is 5.82 Å². The van der Waals surface area contributed by atoms with Crippen LogP contribution in [0.25, 0.3) is 0 Å². The summed E-state index contributed by atoms with van der Waals surface area (Å²) in [5.41, 5.74) is 0.610. The third-order valence-electron chi connectivity index (χ3n) is 2.56. The molecule has 0 saturated heterocycles. The summed E-state index contributed by atoms with van der Waals surface area (Å²) in [5, 5.41) is 6.92. The smallest absolute Gasteiger partial charge is 0.223 e. The third-order valence-corrected chi connectivity index (χ3v) is 3.06. The lowest BCUT2D eigenvalue weighted by Crippen LogP contribution is -2.19. The fourth-order valence-corrected chi connectivity index (χ4v) is 1.95. The first-order valence-electron chi connectivity index (χ1n) is 5.54. The molecular weight excluding hydrogens is 301 g/mol. The molecule has 0 amide bonds. The molecule has 96 valence electrons. The minimum atomic E-state index is -0.242. The lowest BCUT2D eigenvalue weighted by atomic mass is 10.1. The molecule has 0 aliphatic rings. The molecule has 4 nitrogen and oxygen atoms in total. The molecule has 0 fully saturated rings. The molecule has 0 radical (unpaired) electrons. The highest BCUT2D eigenvalue weighted by Gasteiger charge is 2.12. The van der Waals surface area contributed by atoms with Gasteiger partial charge in [0.05, 0.1) is 6.54 Å². The largest absolute Gasteiger partial charge is 0.340 e. The monoisotopic (exact) mass is 313 g/mol. The number of nitrogens with one attached hydrogen (secondary N) is 1. The molecule has 6 heteroatoms. The van der Waals surface area contributed by atoms with Gasteiger partial charge in [-0.25, -0.2) is 4.39 Å². The molecule has 1 aromatic heterocycles. The maximum absolute atomic E-state index is 13.7. The van der Waals surface area contributed by atoms with Gasteiger partial charge in [0.2, 0.25) is 5.89 Å². The van der Waals surface area contributed by atoms with Crippen LogP contribution >= 0.6 is 15.9 Å². The van der Waals surface area contributed by atoms with Gasteiger partial charge in [0.15, 0.2) is 5.82 Å². The fraction of sp³-hybridized carbons (Fsp3) is 0.333. The minimum Gasteiger partial charge on any atom is -0.340 e. The van der Waals surface area contributed by atoms with Crippen molar-refractivity contribution in [2.24, 2.45) is 0 Å². The first-order valence-corrected chi connectivity index (χ1v) is 6.33. The quantitative estimate of drug-likeness (QED) is 0.942. The van der Waals surface area contributed by atoms with E-state index >= 15 is 0 Å². The van der Waals surface area contributed by atoms with Crippen molar-refractivity contribution in [3.05, 3.63) is 45.8 Å². The molecule has 1 N–H and O–H groups in total. The fourth-order valence-electron chi connectivity index (χ4n) is 1.62. The summed E-state index contributed by atoms with van der Waals surface area (Å²) in [5.74, 6) is 0.847. The standard InChI is InChI=1S/C12H13BrFN3O/c1-7(10-4-3-9(13)5-11(10)14)15-6-12-16-8(2)18-17-12/h3-5,7,15H,6H2,1-2H3. The van der Waals surface area contributed by atoms with Crippen LogP contribution in [0.3, 0.4) is 0 Å². The molecule has 2 aromatic rings. The average molecular weight is 314 g/mol. The number of halogens is 2. The van der Waals surface area contributed by atoms with Gasteiger partial charge in [-0.05, 0) is 19.1 Å². The van der Waals surface area contributed by atoms with E-state index in [-0.39, 0.29) is 11.9 Å². The molecule has 0 aliphatic carbocycles. The summed E-state index contributed by atoms with van der Waals surface area (Å²) < 4.78 is 19.3. The van der Waals surface area contributed by atoms with Crippen LogP contribution in [0.15, 0.2) is 27.2 Å². The first kappa shape index (κ1) is 13.2. The Balaban J connectivity index is 2.01. The molecule has 1 aromatic carbocycles. The van der Waals surface area contributed by atoms with Crippen LogP contribution < -0.4 is 5.32 Å². The highest BCUT2D eigenvalue weighted by atomic mass is 79.9. The van der Waals surface area contributed by atoms with Crippen molar-refractivity contribution in [2.45, 2.75) is 26.4 Å². The molecule has 1 atom stereocenters. The summed E-state index contributed by atoms with van der Waals surface area (Å²) in [7, 11) is 0. The number of nitrogens with zero attached hydrogens (tertiary/aromatic N) is 2. The number of hydrogen-bond donors (Lipinski definition) is 1. The summed E-state index contributed by atoms with van der Waals surface area (Å²) in [4.78, 5) is 4.07. The van der Waals surface area contributed by atoms with Crippen LogP contribution in [0.2, 0.25) is 0 Å². The van der Waals surface area contributed by atoms with Gasteiger partial charge in [0, 0.05) is 23.0 Å². The predicted molar refractivity (Wildman–Crippen MR) is 68.4 cm³/mol. The van der Waals surface area contributed by atoms with E-state index in [2.05, 4.69) is 31.4 Å². The van der Waals surface area contributed by atoms with Gasteiger partial charge in [0.25, 0.3) is 0 Å². The van der Waals surface area contributed by atoms with E-state index in [9.17, 15) is 4.39 Å². The maximum Gasteiger partial charge on any atom is 0.223 e. The van der Waals surface area contributed by atoms with Crippen molar-refractivity contribution in [1.82, 2.24) is 15.5 Å². The normalized spacial score (nSPS) is 12.7. The van der Waals surface area contributed by atoms with E-state index in [0.29, 0.717) is 23.8 Å². The van der Waals surface area contributed by atoms with E-state index in [4.69, 9.17) is 4.52 Å². The Morgan fingerprint density at radius 1 is 1.50 bits per heavy atom. The number of hydrogen-bond acceptors (Lipinski definition) is 4. The van der Waals surface area contributed by atoms with E-state index in [1.165, 1.54) is 6.07 Å². The van der Waals surface area contributed by atoms with Gasteiger partial charge in [-0.1, -0.05) is 27.2 Å². The number of aryl methyl sites for hydroxylation is 1. The van der Waals surface area contributed by atoms with Crippen molar-refractivity contribution >= 4 is 15.9 Å². The van der Waals surface area contributed by atoms with E-state index in [0.717, 1.165) is 4.47 Å². The topological polar surface area (TPSA) is 51.0 Å². The molecule has 1 heterocycles. The van der Waals surface area contributed by atoms with E-state index < -0.39 is 0 Å². The van der Waals surface area contributed by atoms with Crippen LogP contribution in [0.1, 0.15) is 30.2 Å². The Hall–Kier alpha value is -1.27. The summed E-state index contributed by atoms with van der Waals surface area (Å²) in [6.45, 7) is 4.06. The number of benzene rings is 1. The SMILES string of the molecule is Cc1nc(CNC(C)c2ccc(Br)cc2F)no1. The van der Waals surface area contributed by atoms with Crippen LogP contribution in [0, 0.1) is 12.7 Å². The van der Waals surface area contributed by atoms with E-state index in [1.54, 1.807) is 13.0 Å². The Bertz CT molecular complexity index is 544. The third kappa shape index (κ3) is 3.14. The van der Waals surface area contributed by atoms with Gasteiger partial charge in [-0.15, -0.1) is 0 Å². The van der Waals surface area contributed by atoms with Crippen LogP contribution in [-0.2, 0) is 6.54 Å². The van der Waals surface area contributed by atoms with Crippen molar-refractivity contribution < 1.29 is 8.91 Å².